The van der Waals surface area contributed by atoms with Gasteiger partial charge in [0, 0.05) is 11.3 Å². The van der Waals surface area contributed by atoms with Gasteiger partial charge in [-0.3, -0.25) is 4.79 Å². The quantitative estimate of drug-likeness (QED) is 0.517. The number of hydrogen-bond donors (Lipinski definition) is 1. The van der Waals surface area contributed by atoms with Crippen molar-refractivity contribution < 1.29 is 4.79 Å². The minimum Gasteiger partial charge on any atom is -0.322 e. The number of aromatic nitrogens is 3. The lowest BCUT2D eigenvalue weighted by Gasteiger charge is -2.09. The van der Waals surface area contributed by atoms with E-state index in [2.05, 4.69) is 60.7 Å². The molecule has 1 N–H and O–H groups in total. The van der Waals surface area contributed by atoms with Gasteiger partial charge >= 0.3 is 0 Å². The summed E-state index contributed by atoms with van der Waals surface area (Å²) in [7, 11) is 0. The van der Waals surface area contributed by atoms with Crippen LogP contribution in [0.3, 0.4) is 0 Å². The Bertz CT molecular complexity index is 1140. The van der Waals surface area contributed by atoms with E-state index in [1.54, 1.807) is 6.07 Å². The highest BCUT2D eigenvalue weighted by molar-refractivity contribution is 6.05. The third-order valence-corrected chi connectivity index (χ3v) is 5.06. The molecule has 0 saturated carbocycles. The van der Waals surface area contributed by atoms with Gasteiger partial charge in [0.25, 0.3) is 5.91 Å². The van der Waals surface area contributed by atoms with Gasteiger partial charge in [-0.15, -0.1) is 5.10 Å². The molecule has 1 heterocycles. The fraction of sp³-hybridized carbons (Fsp3) is 0.208. The van der Waals surface area contributed by atoms with Crippen LogP contribution in [-0.2, 0) is 6.54 Å². The molecular weight excluding hydrogens is 360 g/mol. The largest absolute Gasteiger partial charge is 0.322 e. The van der Waals surface area contributed by atoms with Crippen molar-refractivity contribution in [3.63, 3.8) is 0 Å². The van der Waals surface area contributed by atoms with Crippen molar-refractivity contribution in [1.82, 2.24) is 15.0 Å². The van der Waals surface area contributed by atoms with E-state index in [9.17, 15) is 4.79 Å². The molecule has 4 aromatic rings. The predicted molar refractivity (Wildman–Crippen MR) is 116 cm³/mol. The fourth-order valence-electron chi connectivity index (χ4n) is 3.25. The highest BCUT2D eigenvalue weighted by Gasteiger charge is 2.11. The summed E-state index contributed by atoms with van der Waals surface area (Å²) in [5.74, 6) is 0.307. The molecule has 1 amide bonds. The SMILES string of the molecule is Cc1ccc(Cn2nnc3cc(C(=O)Nc4ccc(C(C)C)cc4)ccc32)cc1. The molecule has 0 atom stereocenters. The van der Waals surface area contributed by atoms with Crippen molar-refractivity contribution in [1.29, 1.82) is 0 Å². The van der Waals surface area contributed by atoms with E-state index in [1.165, 1.54) is 11.1 Å². The van der Waals surface area contributed by atoms with Crippen molar-refractivity contribution in [2.45, 2.75) is 33.2 Å². The predicted octanol–water partition coefficient (Wildman–Crippen LogP) is 5.16. The first-order valence-electron chi connectivity index (χ1n) is 9.80. The highest BCUT2D eigenvalue weighted by atomic mass is 16.1. The van der Waals surface area contributed by atoms with E-state index in [-0.39, 0.29) is 5.91 Å². The van der Waals surface area contributed by atoms with Crippen LogP contribution in [0.4, 0.5) is 5.69 Å². The monoisotopic (exact) mass is 384 g/mol. The van der Waals surface area contributed by atoms with Crippen LogP contribution in [0.5, 0.6) is 0 Å². The number of aryl methyl sites for hydroxylation is 1. The summed E-state index contributed by atoms with van der Waals surface area (Å²) in [6.07, 6.45) is 0. The number of benzene rings is 3. The number of nitrogens with one attached hydrogen (secondary N) is 1. The van der Waals surface area contributed by atoms with Gasteiger partial charge in [0.1, 0.15) is 5.52 Å². The summed E-state index contributed by atoms with van der Waals surface area (Å²) in [5.41, 5.74) is 6.59. The molecule has 0 spiro atoms. The zero-order valence-corrected chi connectivity index (χ0v) is 16.9. The number of anilines is 1. The van der Waals surface area contributed by atoms with Crippen LogP contribution in [0.1, 0.15) is 46.8 Å². The maximum Gasteiger partial charge on any atom is 0.255 e. The van der Waals surface area contributed by atoms with Crippen LogP contribution in [0.15, 0.2) is 66.7 Å². The number of rotatable bonds is 5. The Kier molecular flexibility index (Phi) is 5.12. The van der Waals surface area contributed by atoms with Crippen LogP contribution < -0.4 is 5.32 Å². The molecular formula is C24H24N4O. The minimum atomic E-state index is -0.155. The molecule has 0 saturated heterocycles. The molecule has 0 bridgehead atoms. The number of amides is 1. The van der Waals surface area contributed by atoms with Gasteiger partial charge in [0.15, 0.2) is 0 Å². The standard InChI is InChI=1S/C24H24N4O/c1-16(2)19-8-11-21(12-9-19)25-24(29)20-10-13-23-22(14-20)26-27-28(23)15-18-6-4-17(3)5-7-18/h4-14,16H,15H2,1-3H3,(H,25,29). The summed E-state index contributed by atoms with van der Waals surface area (Å²) in [6, 6.07) is 21.8. The average Bonchev–Trinajstić information content (AvgIpc) is 3.12. The fourth-order valence-corrected chi connectivity index (χ4v) is 3.25. The number of fused-ring (bicyclic) bond motifs is 1. The van der Waals surface area contributed by atoms with Gasteiger partial charge in [-0.05, 0) is 54.3 Å². The Labute approximate surface area is 170 Å². The molecule has 29 heavy (non-hydrogen) atoms. The van der Waals surface area contributed by atoms with Gasteiger partial charge in [0.2, 0.25) is 0 Å². The Morgan fingerprint density at radius 3 is 2.41 bits per heavy atom. The normalized spacial score (nSPS) is 11.2. The molecule has 146 valence electrons. The van der Waals surface area contributed by atoms with Gasteiger partial charge < -0.3 is 5.32 Å². The second kappa shape index (κ2) is 7.87. The molecule has 4 rings (SSSR count). The van der Waals surface area contributed by atoms with Crippen LogP contribution >= 0.6 is 0 Å². The summed E-state index contributed by atoms with van der Waals surface area (Å²) in [6.45, 7) is 7.01. The van der Waals surface area contributed by atoms with Crippen molar-refractivity contribution >= 4 is 22.6 Å². The average molecular weight is 384 g/mol. The van der Waals surface area contributed by atoms with Crippen LogP contribution in [0.25, 0.3) is 11.0 Å². The molecule has 5 nitrogen and oxygen atoms in total. The molecule has 3 aromatic carbocycles. The maximum atomic E-state index is 12.6. The lowest BCUT2D eigenvalue weighted by molar-refractivity contribution is 0.102. The Morgan fingerprint density at radius 1 is 1.00 bits per heavy atom. The second-order valence-electron chi connectivity index (χ2n) is 7.67. The lowest BCUT2D eigenvalue weighted by atomic mass is 10.0. The highest BCUT2D eigenvalue weighted by Crippen LogP contribution is 2.19. The smallest absolute Gasteiger partial charge is 0.255 e. The van der Waals surface area contributed by atoms with Gasteiger partial charge in [-0.1, -0.05) is 61.0 Å². The molecule has 0 aliphatic heterocycles. The molecule has 1 aromatic heterocycles. The third-order valence-electron chi connectivity index (χ3n) is 5.06. The number of hydrogen-bond acceptors (Lipinski definition) is 3. The van der Waals surface area contributed by atoms with Crippen molar-refractivity contribution in [2.75, 3.05) is 5.32 Å². The van der Waals surface area contributed by atoms with E-state index < -0.39 is 0 Å². The summed E-state index contributed by atoms with van der Waals surface area (Å²) >= 11 is 0. The summed E-state index contributed by atoms with van der Waals surface area (Å²) < 4.78 is 1.85. The summed E-state index contributed by atoms with van der Waals surface area (Å²) in [5, 5.41) is 11.5. The lowest BCUT2D eigenvalue weighted by Crippen LogP contribution is -2.11. The Hall–Kier alpha value is -3.47. The molecule has 5 heteroatoms. The van der Waals surface area contributed by atoms with Crippen molar-refractivity contribution in [2.24, 2.45) is 0 Å². The molecule has 0 aliphatic carbocycles. The minimum absolute atomic E-state index is 0.155. The zero-order valence-electron chi connectivity index (χ0n) is 16.9. The first kappa shape index (κ1) is 18.9. The van der Waals surface area contributed by atoms with E-state index in [0.717, 1.165) is 16.8 Å². The van der Waals surface area contributed by atoms with Crippen LogP contribution in [0, 0.1) is 6.92 Å². The van der Waals surface area contributed by atoms with E-state index in [0.29, 0.717) is 23.5 Å². The second-order valence-corrected chi connectivity index (χ2v) is 7.67. The number of carbonyl (C=O) groups is 1. The zero-order chi connectivity index (χ0) is 20.4. The van der Waals surface area contributed by atoms with Crippen molar-refractivity contribution in [3.8, 4) is 0 Å². The maximum absolute atomic E-state index is 12.6. The Morgan fingerprint density at radius 2 is 1.72 bits per heavy atom. The van der Waals surface area contributed by atoms with Gasteiger partial charge in [0.05, 0.1) is 12.1 Å². The van der Waals surface area contributed by atoms with Crippen molar-refractivity contribution in [3.05, 3.63) is 89.0 Å². The van der Waals surface area contributed by atoms with E-state index in [4.69, 9.17) is 0 Å². The molecule has 0 fully saturated rings. The van der Waals surface area contributed by atoms with E-state index in [1.807, 2.05) is 41.1 Å². The first-order valence-corrected chi connectivity index (χ1v) is 9.80. The molecule has 0 unspecified atom stereocenters. The van der Waals surface area contributed by atoms with Gasteiger partial charge in [-0.25, -0.2) is 4.68 Å². The van der Waals surface area contributed by atoms with Gasteiger partial charge in [-0.2, -0.15) is 0 Å². The summed E-state index contributed by atoms with van der Waals surface area (Å²) in [4.78, 5) is 12.6. The molecule has 0 radical (unpaired) electrons. The first-order chi connectivity index (χ1) is 14.0. The van der Waals surface area contributed by atoms with E-state index >= 15 is 0 Å². The number of nitrogens with zero attached hydrogens (tertiary/aromatic N) is 3. The number of carbonyl (C=O) groups excluding carboxylic acids is 1. The Balaban J connectivity index is 1.51. The molecule has 0 aliphatic rings. The van der Waals surface area contributed by atoms with Crippen LogP contribution in [0.2, 0.25) is 0 Å². The topological polar surface area (TPSA) is 59.8 Å². The third kappa shape index (κ3) is 4.19. The van der Waals surface area contributed by atoms with Crippen LogP contribution in [-0.4, -0.2) is 20.9 Å².